The Morgan fingerprint density at radius 3 is 2.53 bits per heavy atom. The Morgan fingerprint density at radius 2 is 1.82 bits per heavy atom. The van der Waals surface area contributed by atoms with E-state index in [0.717, 1.165) is 16.3 Å². The van der Waals surface area contributed by atoms with Crippen molar-refractivity contribution >= 4 is 28.2 Å². The molecule has 2 aromatic rings. The summed E-state index contributed by atoms with van der Waals surface area (Å²) in [5, 5.41) is 2.66. The minimum Gasteiger partial charge on any atom is -0.294 e. The van der Waals surface area contributed by atoms with Crippen molar-refractivity contribution in [3.05, 3.63) is 47.0 Å². The lowest BCUT2D eigenvalue weighted by Gasteiger charge is -2.06. The third kappa shape index (κ3) is 2.07. The number of carbonyl (C=O) groups is 1. The molecule has 0 unspecified atom stereocenters. The minimum atomic E-state index is 0.250. The molecule has 2 aromatic carbocycles. The van der Waals surface area contributed by atoms with E-state index in [1.165, 1.54) is 12.8 Å². The highest BCUT2D eigenvalue weighted by atomic mass is 35.5. The summed E-state index contributed by atoms with van der Waals surface area (Å²) >= 11 is 6.14. The normalized spacial score (nSPS) is 15.1. The SMILES string of the molecule is O=C(CC1CC1)c1ccc(Cl)c2ccccc12. The molecule has 0 atom stereocenters. The molecule has 0 spiro atoms. The molecular formula is C15H13ClO. The lowest BCUT2D eigenvalue weighted by molar-refractivity contribution is 0.0977. The van der Waals surface area contributed by atoms with Gasteiger partial charge in [-0.05, 0) is 36.3 Å². The van der Waals surface area contributed by atoms with Crippen LogP contribution in [0.3, 0.4) is 0 Å². The number of benzene rings is 2. The molecule has 0 radical (unpaired) electrons. The molecule has 1 saturated carbocycles. The minimum absolute atomic E-state index is 0.250. The highest BCUT2D eigenvalue weighted by Gasteiger charge is 2.25. The Balaban J connectivity index is 2.09. The molecule has 0 N–H and O–H groups in total. The van der Waals surface area contributed by atoms with Crippen molar-refractivity contribution in [2.75, 3.05) is 0 Å². The Morgan fingerprint density at radius 1 is 1.12 bits per heavy atom. The number of Topliss-reactive ketones (excluding diaryl/α,β-unsaturated/α-hetero) is 1. The van der Waals surface area contributed by atoms with Gasteiger partial charge in [-0.15, -0.1) is 0 Å². The molecule has 1 nitrogen and oxygen atoms in total. The summed E-state index contributed by atoms with van der Waals surface area (Å²) in [7, 11) is 0. The second-order valence-electron chi connectivity index (χ2n) is 4.71. The molecular weight excluding hydrogens is 232 g/mol. The van der Waals surface area contributed by atoms with Gasteiger partial charge in [-0.1, -0.05) is 35.9 Å². The van der Waals surface area contributed by atoms with Crippen LogP contribution in [-0.4, -0.2) is 5.78 Å². The van der Waals surface area contributed by atoms with Crippen molar-refractivity contribution in [3.8, 4) is 0 Å². The van der Waals surface area contributed by atoms with E-state index in [1.54, 1.807) is 0 Å². The number of ketones is 1. The van der Waals surface area contributed by atoms with Crippen LogP contribution in [0.4, 0.5) is 0 Å². The largest absolute Gasteiger partial charge is 0.294 e. The molecule has 17 heavy (non-hydrogen) atoms. The van der Waals surface area contributed by atoms with Gasteiger partial charge in [-0.2, -0.15) is 0 Å². The van der Waals surface area contributed by atoms with Crippen LogP contribution in [0.5, 0.6) is 0 Å². The lowest BCUT2D eigenvalue weighted by Crippen LogP contribution is -2.01. The summed E-state index contributed by atoms with van der Waals surface area (Å²) in [6, 6.07) is 11.5. The summed E-state index contributed by atoms with van der Waals surface area (Å²) in [6.45, 7) is 0. The zero-order valence-corrected chi connectivity index (χ0v) is 10.2. The van der Waals surface area contributed by atoms with Crippen LogP contribution in [-0.2, 0) is 0 Å². The third-order valence-electron chi connectivity index (χ3n) is 3.34. The fraction of sp³-hybridized carbons (Fsp3) is 0.267. The second kappa shape index (κ2) is 4.15. The van der Waals surface area contributed by atoms with E-state index in [9.17, 15) is 4.79 Å². The summed E-state index contributed by atoms with van der Waals surface area (Å²) in [5.74, 6) is 0.873. The molecule has 1 aliphatic carbocycles. The van der Waals surface area contributed by atoms with Gasteiger partial charge in [-0.3, -0.25) is 4.79 Å². The highest BCUT2D eigenvalue weighted by molar-refractivity contribution is 6.36. The van der Waals surface area contributed by atoms with Gasteiger partial charge in [0.25, 0.3) is 0 Å². The molecule has 0 aliphatic heterocycles. The van der Waals surface area contributed by atoms with E-state index < -0.39 is 0 Å². The highest BCUT2D eigenvalue weighted by Crippen LogP contribution is 2.35. The first-order valence-electron chi connectivity index (χ1n) is 5.96. The fourth-order valence-corrected chi connectivity index (χ4v) is 2.43. The first-order valence-corrected chi connectivity index (χ1v) is 6.34. The van der Waals surface area contributed by atoms with Crippen molar-refractivity contribution < 1.29 is 4.79 Å². The maximum Gasteiger partial charge on any atom is 0.163 e. The predicted molar refractivity (Wildman–Crippen MR) is 70.6 cm³/mol. The maximum absolute atomic E-state index is 12.2. The average molecular weight is 245 g/mol. The van der Waals surface area contributed by atoms with Gasteiger partial charge < -0.3 is 0 Å². The summed E-state index contributed by atoms with van der Waals surface area (Å²) in [4.78, 5) is 12.2. The number of hydrogen-bond donors (Lipinski definition) is 0. The Labute approximate surface area is 105 Å². The van der Waals surface area contributed by atoms with Crippen molar-refractivity contribution in [2.24, 2.45) is 5.92 Å². The smallest absolute Gasteiger partial charge is 0.163 e. The lowest BCUT2D eigenvalue weighted by atomic mass is 9.98. The van der Waals surface area contributed by atoms with Crippen LogP contribution in [0, 0.1) is 5.92 Å². The van der Waals surface area contributed by atoms with E-state index in [2.05, 4.69) is 0 Å². The Bertz CT molecular complexity index is 584. The molecule has 3 rings (SSSR count). The van der Waals surface area contributed by atoms with Gasteiger partial charge >= 0.3 is 0 Å². The molecule has 86 valence electrons. The van der Waals surface area contributed by atoms with Crippen LogP contribution >= 0.6 is 11.6 Å². The van der Waals surface area contributed by atoms with E-state index in [-0.39, 0.29) is 5.78 Å². The number of carbonyl (C=O) groups excluding carboxylic acids is 1. The zero-order chi connectivity index (χ0) is 11.8. The molecule has 1 aliphatic rings. The van der Waals surface area contributed by atoms with Crippen LogP contribution in [0.2, 0.25) is 5.02 Å². The van der Waals surface area contributed by atoms with Crippen molar-refractivity contribution in [1.82, 2.24) is 0 Å². The van der Waals surface area contributed by atoms with Gasteiger partial charge in [0.1, 0.15) is 0 Å². The quantitative estimate of drug-likeness (QED) is 0.728. The van der Waals surface area contributed by atoms with E-state index in [1.807, 2.05) is 36.4 Å². The first kappa shape index (κ1) is 10.8. The van der Waals surface area contributed by atoms with Crippen molar-refractivity contribution in [1.29, 1.82) is 0 Å². The van der Waals surface area contributed by atoms with Gasteiger partial charge in [-0.25, -0.2) is 0 Å². The van der Waals surface area contributed by atoms with Crippen molar-refractivity contribution in [3.63, 3.8) is 0 Å². The van der Waals surface area contributed by atoms with Crippen LogP contribution in [0.15, 0.2) is 36.4 Å². The summed E-state index contributed by atoms with van der Waals surface area (Å²) in [5.41, 5.74) is 0.817. The molecule has 0 aromatic heterocycles. The van der Waals surface area contributed by atoms with Gasteiger partial charge in [0.2, 0.25) is 0 Å². The van der Waals surface area contributed by atoms with Gasteiger partial charge in [0, 0.05) is 22.4 Å². The van der Waals surface area contributed by atoms with Gasteiger partial charge in [0.05, 0.1) is 0 Å². The van der Waals surface area contributed by atoms with Crippen molar-refractivity contribution in [2.45, 2.75) is 19.3 Å². The molecule has 0 amide bonds. The maximum atomic E-state index is 12.2. The second-order valence-corrected chi connectivity index (χ2v) is 5.12. The number of fused-ring (bicyclic) bond motifs is 1. The van der Waals surface area contributed by atoms with E-state index >= 15 is 0 Å². The third-order valence-corrected chi connectivity index (χ3v) is 3.67. The molecule has 1 fully saturated rings. The number of rotatable bonds is 3. The Kier molecular flexibility index (Phi) is 2.64. The fourth-order valence-electron chi connectivity index (χ4n) is 2.20. The summed E-state index contributed by atoms with van der Waals surface area (Å²) in [6.07, 6.45) is 3.10. The number of hydrogen-bond acceptors (Lipinski definition) is 1. The van der Waals surface area contributed by atoms with Crippen LogP contribution in [0.1, 0.15) is 29.6 Å². The van der Waals surface area contributed by atoms with Crippen LogP contribution in [0.25, 0.3) is 10.8 Å². The first-order chi connectivity index (χ1) is 8.25. The zero-order valence-electron chi connectivity index (χ0n) is 9.45. The topological polar surface area (TPSA) is 17.1 Å². The van der Waals surface area contributed by atoms with Crippen LogP contribution < -0.4 is 0 Å². The molecule has 0 saturated heterocycles. The van der Waals surface area contributed by atoms with Gasteiger partial charge in [0.15, 0.2) is 5.78 Å². The standard InChI is InChI=1S/C15H13ClO/c16-14-8-7-13(15(17)9-10-5-6-10)11-3-1-2-4-12(11)14/h1-4,7-8,10H,5-6,9H2. The summed E-state index contributed by atoms with van der Waals surface area (Å²) < 4.78 is 0. The molecule has 0 bridgehead atoms. The van der Waals surface area contributed by atoms with E-state index in [0.29, 0.717) is 17.4 Å². The predicted octanol–water partition coefficient (Wildman–Crippen LogP) is 4.48. The van der Waals surface area contributed by atoms with E-state index in [4.69, 9.17) is 11.6 Å². The average Bonchev–Trinajstić information content (AvgIpc) is 3.14. The molecule has 0 heterocycles. The Hall–Kier alpha value is -1.34. The number of halogens is 1. The molecule has 2 heteroatoms. The monoisotopic (exact) mass is 244 g/mol.